The molecule has 0 unspecified atom stereocenters. The second-order valence-electron chi connectivity index (χ2n) is 7.05. The fraction of sp³-hybridized carbons (Fsp3) is 0.167. The van der Waals surface area contributed by atoms with Crippen molar-refractivity contribution in [2.45, 2.75) is 11.8 Å². The molecule has 0 radical (unpaired) electrons. The summed E-state index contributed by atoms with van der Waals surface area (Å²) in [7, 11) is -1.27. The molecule has 0 spiro atoms. The molecule has 172 valence electrons. The molecular formula is C24H24N2O6S. The molecule has 1 amide bonds. The maximum atomic E-state index is 13.5. The van der Waals surface area contributed by atoms with Crippen LogP contribution in [0.5, 0.6) is 11.5 Å². The molecule has 0 aliphatic rings. The van der Waals surface area contributed by atoms with Gasteiger partial charge in [0.25, 0.3) is 10.0 Å². The van der Waals surface area contributed by atoms with Crippen LogP contribution in [-0.4, -0.2) is 40.9 Å². The predicted octanol–water partition coefficient (Wildman–Crippen LogP) is 3.74. The SMILES string of the molecule is COc1ccc(OC)c(N(CC(=O)Nc2cccc(C(C)=O)c2)S(=O)(=O)c2ccccc2)c1. The molecule has 33 heavy (non-hydrogen) atoms. The lowest BCUT2D eigenvalue weighted by atomic mass is 10.1. The summed E-state index contributed by atoms with van der Waals surface area (Å²) in [5.41, 5.74) is 0.951. The van der Waals surface area contributed by atoms with Gasteiger partial charge < -0.3 is 14.8 Å². The highest BCUT2D eigenvalue weighted by Gasteiger charge is 2.30. The summed E-state index contributed by atoms with van der Waals surface area (Å²) in [4.78, 5) is 24.6. The van der Waals surface area contributed by atoms with Gasteiger partial charge in [-0.25, -0.2) is 8.42 Å². The van der Waals surface area contributed by atoms with Gasteiger partial charge in [-0.1, -0.05) is 30.3 Å². The Bertz CT molecular complexity index is 1260. The first-order valence-corrected chi connectivity index (χ1v) is 11.4. The van der Waals surface area contributed by atoms with E-state index < -0.39 is 22.5 Å². The summed E-state index contributed by atoms with van der Waals surface area (Å²) >= 11 is 0. The zero-order valence-electron chi connectivity index (χ0n) is 18.4. The molecule has 3 aromatic rings. The monoisotopic (exact) mass is 468 g/mol. The Morgan fingerprint density at radius 2 is 1.64 bits per heavy atom. The van der Waals surface area contributed by atoms with E-state index in [2.05, 4.69) is 5.32 Å². The molecule has 3 aromatic carbocycles. The van der Waals surface area contributed by atoms with Crippen molar-refractivity contribution in [3.8, 4) is 11.5 Å². The van der Waals surface area contributed by atoms with Gasteiger partial charge in [-0.15, -0.1) is 0 Å². The zero-order chi connectivity index (χ0) is 24.0. The number of anilines is 2. The van der Waals surface area contributed by atoms with E-state index in [1.165, 1.54) is 45.4 Å². The van der Waals surface area contributed by atoms with Crippen LogP contribution in [-0.2, 0) is 14.8 Å². The van der Waals surface area contributed by atoms with Crippen molar-refractivity contribution in [1.82, 2.24) is 0 Å². The standard InChI is InChI=1S/C24H24N2O6S/c1-17(27)18-8-7-9-19(14-18)25-24(28)16-26(33(29,30)21-10-5-4-6-11-21)22-15-20(31-2)12-13-23(22)32-3/h4-15H,16H2,1-3H3,(H,25,28). The molecule has 8 nitrogen and oxygen atoms in total. The van der Waals surface area contributed by atoms with E-state index in [9.17, 15) is 18.0 Å². The first-order chi connectivity index (χ1) is 15.8. The number of Topliss-reactive ketones (excluding diaryl/α,β-unsaturated/α-hetero) is 1. The molecule has 0 aromatic heterocycles. The largest absolute Gasteiger partial charge is 0.497 e. The molecule has 0 aliphatic carbocycles. The molecule has 0 atom stereocenters. The van der Waals surface area contributed by atoms with E-state index in [4.69, 9.17) is 9.47 Å². The number of benzene rings is 3. The topological polar surface area (TPSA) is 102 Å². The van der Waals surface area contributed by atoms with Crippen LogP contribution in [0.4, 0.5) is 11.4 Å². The summed E-state index contributed by atoms with van der Waals surface area (Å²) < 4.78 is 38.7. The third kappa shape index (κ3) is 5.50. The van der Waals surface area contributed by atoms with Crippen LogP contribution in [0.15, 0.2) is 77.7 Å². The fourth-order valence-corrected chi connectivity index (χ4v) is 4.60. The van der Waals surface area contributed by atoms with Crippen molar-refractivity contribution < 1.29 is 27.5 Å². The van der Waals surface area contributed by atoms with Crippen molar-refractivity contribution >= 4 is 33.1 Å². The highest BCUT2D eigenvalue weighted by atomic mass is 32.2. The lowest BCUT2D eigenvalue weighted by Gasteiger charge is -2.26. The van der Waals surface area contributed by atoms with Crippen LogP contribution in [0, 0.1) is 0 Å². The van der Waals surface area contributed by atoms with Crippen molar-refractivity contribution in [2.24, 2.45) is 0 Å². The summed E-state index contributed by atoms with van der Waals surface area (Å²) in [5, 5.41) is 2.66. The van der Waals surface area contributed by atoms with Gasteiger partial charge >= 0.3 is 0 Å². The van der Waals surface area contributed by atoms with Crippen LogP contribution in [0.2, 0.25) is 0 Å². The number of carbonyl (C=O) groups is 2. The third-order valence-electron chi connectivity index (χ3n) is 4.83. The number of nitrogens with zero attached hydrogens (tertiary/aromatic N) is 1. The summed E-state index contributed by atoms with van der Waals surface area (Å²) in [6.07, 6.45) is 0. The van der Waals surface area contributed by atoms with Gasteiger partial charge in [0, 0.05) is 17.3 Å². The van der Waals surface area contributed by atoms with E-state index in [1.807, 2.05) is 0 Å². The van der Waals surface area contributed by atoms with Gasteiger partial charge in [0.1, 0.15) is 18.0 Å². The predicted molar refractivity (Wildman–Crippen MR) is 126 cm³/mol. The van der Waals surface area contributed by atoms with E-state index >= 15 is 0 Å². The Morgan fingerprint density at radius 3 is 2.27 bits per heavy atom. The number of nitrogens with one attached hydrogen (secondary N) is 1. The van der Waals surface area contributed by atoms with Crippen LogP contribution >= 0.6 is 0 Å². The van der Waals surface area contributed by atoms with E-state index in [1.54, 1.807) is 48.5 Å². The Hall–Kier alpha value is -3.85. The number of rotatable bonds is 9. The Balaban J connectivity index is 2.02. The van der Waals surface area contributed by atoms with Crippen molar-refractivity contribution in [3.63, 3.8) is 0 Å². The second-order valence-corrected chi connectivity index (χ2v) is 8.91. The zero-order valence-corrected chi connectivity index (χ0v) is 19.3. The van der Waals surface area contributed by atoms with Gasteiger partial charge in [0.15, 0.2) is 5.78 Å². The fourth-order valence-electron chi connectivity index (χ4n) is 3.16. The first-order valence-electron chi connectivity index (χ1n) is 9.97. The minimum absolute atomic E-state index is 0.0150. The summed E-state index contributed by atoms with van der Waals surface area (Å²) in [6.45, 7) is 0.884. The Labute approximate surface area is 192 Å². The number of hydrogen-bond acceptors (Lipinski definition) is 6. The van der Waals surface area contributed by atoms with Gasteiger partial charge in [-0.3, -0.25) is 13.9 Å². The molecule has 0 heterocycles. The maximum absolute atomic E-state index is 13.5. The number of ketones is 1. The number of hydrogen-bond donors (Lipinski definition) is 1. The molecule has 0 saturated heterocycles. The average Bonchev–Trinajstić information content (AvgIpc) is 2.82. The number of ether oxygens (including phenoxy) is 2. The van der Waals surface area contributed by atoms with E-state index in [0.29, 0.717) is 17.0 Å². The van der Waals surface area contributed by atoms with Crippen LogP contribution in [0.1, 0.15) is 17.3 Å². The summed E-state index contributed by atoms with van der Waals surface area (Å²) in [6, 6.07) is 18.9. The average molecular weight is 469 g/mol. The number of amides is 1. The first kappa shape index (κ1) is 23.8. The van der Waals surface area contributed by atoms with Gasteiger partial charge in [-0.05, 0) is 43.3 Å². The molecule has 0 aliphatic heterocycles. The Kier molecular flexibility index (Phi) is 7.34. The normalized spacial score (nSPS) is 10.9. The highest BCUT2D eigenvalue weighted by Crippen LogP contribution is 2.35. The molecule has 9 heteroatoms. The van der Waals surface area contributed by atoms with Gasteiger partial charge in [0.2, 0.25) is 5.91 Å². The number of carbonyl (C=O) groups excluding carboxylic acids is 2. The lowest BCUT2D eigenvalue weighted by molar-refractivity contribution is -0.114. The van der Waals surface area contributed by atoms with Crippen LogP contribution in [0.3, 0.4) is 0 Å². The smallest absolute Gasteiger partial charge is 0.264 e. The number of methoxy groups -OCH3 is 2. The van der Waals surface area contributed by atoms with Gasteiger partial charge in [0.05, 0.1) is 24.8 Å². The maximum Gasteiger partial charge on any atom is 0.264 e. The minimum atomic E-state index is -4.14. The third-order valence-corrected chi connectivity index (χ3v) is 6.60. The Morgan fingerprint density at radius 1 is 0.909 bits per heavy atom. The van der Waals surface area contributed by atoms with Crippen LogP contribution < -0.4 is 19.1 Å². The van der Waals surface area contributed by atoms with Gasteiger partial charge in [-0.2, -0.15) is 0 Å². The van der Waals surface area contributed by atoms with Crippen molar-refractivity contribution in [3.05, 3.63) is 78.4 Å². The molecule has 0 fully saturated rings. The molecular weight excluding hydrogens is 444 g/mol. The molecule has 0 bridgehead atoms. The minimum Gasteiger partial charge on any atom is -0.497 e. The van der Waals surface area contributed by atoms with Crippen LogP contribution in [0.25, 0.3) is 0 Å². The summed E-state index contributed by atoms with van der Waals surface area (Å²) in [5.74, 6) is -0.101. The lowest BCUT2D eigenvalue weighted by Crippen LogP contribution is -2.38. The number of sulfonamides is 1. The van der Waals surface area contributed by atoms with E-state index in [-0.39, 0.29) is 22.1 Å². The highest BCUT2D eigenvalue weighted by molar-refractivity contribution is 7.92. The van der Waals surface area contributed by atoms with Crippen molar-refractivity contribution in [1.29, 1.82) is 0 Å². The quantitative estimate of drug-likeness (QED) is 0.480. The molecule has 3 rings (SSSR count). The second kappa shape index (κ2) is 10.2. The van der Waals surface area contributed by atoms with E-state index in [0.717, 1.165) is 4.31 Å². The van der Waals surface area contributed by atoms with Crippen molar-refractivity contribution in [2.75, 3.05) is 30.4 Å². The molecule has 1 N–H and O–H groups in total. The molecule has 0 saturated carbocycles.